The number of carboxylic acids is 1. The lowest BCUT2D eigenvalue weighted by Crippen LogP contribution is -2.50. The molecule has 0 bridgehead atoms. The van der Waals surface area contributed by atoms with E-state index in [1.54, 1.807) is 0 Å². The topological polar surface area (TPSA) is 78.8 Å². The van der Waals surface area contributed by atoms with Crippen LogP contribution in [0.15, 0.2) is 18.5 Å². The third-order valence-corrected chi connectivity index (χ3v) is 6.20. The van der Waals surface area contributed by atoms with Crippen molar-refractivity contribution in [2.24, 2.45) is 11.3 Å². The summed E-state index contributed by atoms with van der Waals surface area (Å²) in [5, 5.41) is 7.12. The number of alkyl halides is 3. The average molecular weight is 430 g/mol. The van der Waals surface area contributed by atoms with Crippen LogP contribution < -0.4 is 4.90 Å². The van der Waals surface area contributed by atoms with Crippen molar-refractivity contribution in [2.45, 2.75) is 38.3 Å². The fourth-order valence-electron chi connectivity index (χ4n) is 4.54. The van der Waals surface area contributed by atoms with Crippen molar-refractivity contribution >= 4 is 11.9 Å². The summed E-state index contributed by atoms with van der Waals surface area (Å²) < 4.78 is 37.3. The van der Waals surface area contributed by atoms with Gasteiger partial charge < -0.3 is 19.6 Å². The van der Waals surface area contributed by atoms with Crippen molar-refractivity contribution in [3.8, 4) is 0 Å². The highest BCUT2D eigenvalue weighted by Gasteiger charge is 2.39. The molecule has 1 spiro atoms. The van der Waals surface area contributed by atoms with E-state index in [0.29, 0.717) is 5.41 Å². The zero-order valence-corrected chi connectivity index (χ0v) is 17.0. The molecule has 1 unspecified atom stereocenters. The molecule has 7 nitrogen and oxygen atoms in total. The monoisotopic (exact) mass is 430 g/mol. The molecule has 1 aromatic rings. The van der Waals surface area contributed by atoms with Crippen LogP contribution in [0, 0.1) is 11.3 Å². The molecule has 3 aliphatic heterocycles. The summed E-state index contributed by atoms with van der Waals surface area (Å²) in [6.07, 6.45) is 5.17. The highest BCUT2D eigenvalue weighted by atomic mass is 19.4. The predicted octanol–water partition coefficient (Wildman–Crippen LogP) is 2.83. The molecule has 4 rings (SSSR count). The summed E-state index contributed by atoms with van der Waals surface area (Å²) in [6.45, 7) is 7.92. The average Bonchev–Trinajstić information content (AvgIpc) is 3.24. The number of ether oxygens (including phenoxy) is 1. The normalized spacial score (nSPS) is 24.4. The Balaban J connectivity index is 0.000000318. The molecule has 10 heteroatoms. The van der Waals surface area contributed by atoms with Crippen LogP contribution in [0.5, 0.6) is 0 Å². The van der Waals surface area contributed by atoms with Gasteiger partial charge in [0.25, 0.3) is 0 Å². The van der Waals surface area contributed by atoms with Gasteiger partial charge in [-0.1, -0.05) is 0 Å². The number of likely N-dealkylation sites (tertiary alicyclic amines) is 1. The van der Waals surface area contributed by atoms with Gasteiger partial charge in [0, 0.05) is 38.6 Å². The summed E-state index contributed by atoms with van der Waals surface area (Å²) in [5.74, 6) is -1.07. The highest BCUT2D eigenvalue weighted by molar-refractivity contribution is 5.73. The second-order valence-electron chi connectivity index (χ2n) is 8.41. The number of rotatable bonds is 3. The maximum Gasteiger partial charge on any atom is 0.490 e. The number of aromatic nitrogens is 2. The van der Waals surface area contributed by atoms with E-state index in [0.717, 1.165) is 38.2 Å². The van der Waals surface area contributed by atoms with Gasteiger partial charge in [0.1, 0.15) is 0 Å². The summed E-state index contributed by atoms with van der Waals surface area (Å²) in [4.78, 5) is 22.9. The SMILES string of the molecule is O=C(O)C(F)(F)F.c1cnc(N2CCCC3(CCN(CC4CCOC4)CC3)C2)nc1. The zero-order chi connectivity index (χ0) is 21.6. The number of carbonyl (C=O) groups is 1. The fraction of sp³-hybridized carbons (Fsp3) is 0.750. The van der Waals surface area contributed by atoms with Gasteiger partial charge in [-0.3, -0.25) is 0 Å². The lowest BCUT2D eigenvalue weighted by molar-refractivity contribution is -0.192. The number of piperidine rings is 2. The minimum atomic E-state index is -5.08. The maximum absolute atomic E-state index is 10.6. The number of hydrogen-bond donors (Lipinski definition) is 1. The van der Waals surface area contributed by atoms with Crippen LogP contribution in [0.25, 0.3) is 0 Å². The molecular weight excluding hydrogens is 401 g/mol. The molecule has 1 N–H and O–H groups in total. The summed E-state index contributed by atoms with van der Waals surface area (Å²) in [5.41, 5.74) is 0.486. The fourth-order valence-corrected chi connectivity index (χ4v) is 4.54. The Morgan fingerprint density at radius 3 is 2.43 bits per heavy atom. The molecule has 0 aromatic carbocycles. The van der Waals surface area contributed by atoms with Crippen LogP contribution in [0.4, 0.5) is 19.1 Å². The molecule has 0 aliphatic carbocycles. The van der Waals surface area contributed by atoms with Crippen LogP contribution in [0.3, 0.4) is 0 Å². The van der Waals surface area contributed by atoms with Crippen LogP contribution in [-0.2, 0) is 9.53 Å². The van der Waals surface area contributed by atoms with Gasteiger partial charge >= 0.3 is 12.1 Å². The smallest absolute Gasteiger partial charge is 0.475 e. The van der Waals surface area contributed by atoms with Crippen molar-refractivity contribution < 1.29 is 27.8 Å². The Hall–Kier alpha value is -1.94. The quantitative estimate of drug-likeness (QED) is 0.790. The number of carboxylic acid groups (broad SMARTS) is 1. The van der Waals surface area contributed by atoms with Gasteiger partial charge in [-0.05, 0) is 62.6 Å². The summed E-state index contributed by atoms with van der Waals surface area (Å²) >= 11 is 0. The van der Waals surface area contributed by atoms with Crippen molar-refractivity contribution in [1.82, 2.24) is 14.9 Å². The molecule has 30 heavy (non-hydrogen) atoms. The van der Waals surface area contributed by atoms with Gasteiger partial charge in [-0.15, -0.1) is 0 Å². The largest absolute Gasteiger partial charge is 0.490 e. The second-order valence-corrected chi connectivity index (χ2v) is 8.41. The van der Waals surface area contributed by atoms with E-state index in [1.165, 1.54) is 51.7 Å². The van der Waals surface area contributed by atoms with Gasteiger partial charge in [0.15, 0.2) is 0 Å². The van der Waals surface area contributed by atoms with Crippen LogP contribution >= 0.6 is 0 Å². The first-order chi connectivity index (χ1) is 14.3. The van der Waals surface area contributed by atoms with Crippen LogP contribution in [-0.4, -0.2) is 78.1 Å². The van der Waals surface area contributed by atoms with E-state index in [4.69, 9.17) is 14.6 Å². The maximum atomic E-state index is 10.6. The van der Waals surface area contributed by atoms with E-state index >= 15 is 0 Å². The lowest BCUT2D eigenvalue weighted by atomic mass is 9.72. The first-order valence-corrected chi connectivity index (χ1v) is 10.4. The molecule has 3 saturated heterocycles. The zero-order valence-electron chi connectivity index (χ0n) is 17.0. The molecule has 3 aliphatic rings. The molecule has 0 amide bonds. The molecule has 0 saturated carbocycles. The van der Waals surface area contributed by atoms with E-state index in [2.05, 4.69) is 19.8 Å². The Labute approximate surface area is 174 Å². The Kier molecular flexibility index (Phi) is 7.51. The number of anilines is 1. The Morgan fingerprint density at radius 2 is 1.87 bits per heavy atom. The summed E-state index contributed by atoms with van der Waals surface area (Å²) in [7, 11) is 0. The van der Waals surface area contributed by atoms with E-state index in [-0.39, 0.29) is 0 Å². The van der Waals surface area contributed by atoms with Gasteiger partial charge in [-0.25, -0.2) is 14.8 Å². The van der Waals surface area contributed by atoms with Crippen molar-refractivity contribution in [2.75, 3.05) is 50.8 Å². The predicted molar refractivity (Wildman–Crippen MR) is 104 cm³/mol. The third kappa shape index (κ3) is 6.28. The van der Waals surface area contributed by atoms with Crippen LogP contribution in [0.2, 0.25) is 0 Å². The number of hydrogen-bond acceptors (Lipinski definition) is 6. The number of nitrogens with zero attached hydrogens (tertiary/aromatic N) is 4. The minimum absolute atomic E-state index is 0.486. The van der Waals surface area contributed by atoms with E-state index in [9.17, 15) is 13.2 Å². The highest BCUT2D eigenvalue weighted by Crippen LogP contribution is 2.40. The standard InChI is InChI=1S/C18H28N4O.C2HF3O2/c1-4-18(15-22(9-1)17-19-7-2-8-20-17)5-10-21(11-6-18)13-16-3-12-23-14-16;3-2(4,5)1(6)7/h2,7-8,16H,1,3-6,9-15H2;(H,6,7). The molecule has 3 fully saturated rings. The minimum Gasteiger partial charge on any atom is -0.475 e. The van der Waals surface area contributed by atoms with Crippen molar-refractivity contribution in [1.29, 1.82) is 0 Å². The molecule has 1 aromatic heterocycles. The van der Waals surface area contributed by atoms with Gasteiger partial charge in [0.2, 0.25) is 5.95 Å². The molecule has 4 heterocycles. The van der Waals surface area contributed by atoms with E-state index in [1.807, 2.05) is 18.5 Å². The number of halogens is 3. The Morgan fingerprint density at radius 1 is 1.20 bits per heavy atom. The first-order valence-electron chi connectivity index (χ1n) is 10.4. The molecule has 0 radical (unpaired) electrons. The van der Waals surface area contributed by atoms with Crippen molar-refractivity contribution in [3.63, 3.8) is 0 Å². The Bertz CT molecular complexity index is 676. The van der Waals surface area contributed by atoms with Crippen molar-refractivity contribution in [3.05, 3.63) is 18.5 Å². The van der Waals surface area contributed by atoms with E-state index < -0.39 is 12.1 Å². The summed E-state index contributed by atoms with van der Waals surface area (Å²) in [6, 6.07) is 1.90. The van der Waals surface area contributed by atoms with Gasteiger partial charge in [-0.2, -0.15) is 13.2 Å². The third-order valence-electron chi connectivity index (χ3n) is 6.20. The molecule has 168 valence electrons. The first kappa shape index (κ1) is 22.7. The number of aliphatic carboxylic acids is 1. The second kappa shape index (κ2) is 9.91. The van der Waals surface area contributed by atoms with Crippen LogP contribution in [0.1, 0.15) is 32.1 Å². The lowest BCUT2D eigenvalue weighted by Gasteiger charge is -2.48. The van der Waals surface area contributed by atoms with Gasteiger partial charge in [0.05, 0.1) is 6.61 Å². The molecule has 1 atom stereocenters. The molecular formula is C20H29F3N4O3.